The molecule has 1 aromatic rings. The Morgan fingerprint density at radius 3 is 2.29 bits per heavy atom. The number of nitrogens with one attached hydrogen (secondary N) is 1. The van der Waals surface area contributed by atoms with Gasteiger partial charge in [-0.05, 0) is 37.5 Å². The summed E-state index contributed by atoms with van der Waals surface area (Å²) in [5, 5.41) is 21.1. The van der Waals surface area contributed by atoms with Crippen LogP contribution in [0.25, 0.3) is 0 Å². The molecular weight excluding hydrogens is 210 g/mol. The number of hydrogen-bond donors (Lipinski definition) is 1. The van der Waals surface area contributed by atoms with Crippen molar-refractivity contribution in [3.63, 3.8) is 0 Å². The van der Waals surface area contributed by atoms with Gasteiger partial charge in [0.2, 0.25) is 0 Å². The van der Waals surface area contributed by atoms with E-state index in [4.69, 9.17) is 10.5 Å². The van der Waals surface area contributed by atoms with E-state index in [2.05, 4.69) is 26.1 Å². The molecule has 0 spiro atoms. The number of anilines is 1. The first-order valence-corrected chi connectivity index (χ1v) is 5.77. The summed E-state index contributed by atoms with van der Waals surface area (Å²) in [4.78, 5) is 0. The van der Waals surface area contributed by atoms with Crippen molar-refractivity contribution in [2.75, 3.05) is 5.32 Å². The van der Waals surface area contributed by atoms with E-state index in [9.17, 15) is 0 Å². The molecule has 0 radical (unpaired) electrons. The number of nitrogens with zero attached hydrogens (tertiary/aromatic N) is 2. The molecular formula is C14H17N3. The van der Waals surface area contributed by atoms with Crippen LogP contribution in [0.3, 0.4) is 0 Å². The summed E-state index contributed by atoms with van der Waals surface area (Å²) in [7, 11) is 0. The molecule has 1 rings (SSSR count). The highest BCUT2D eigenvalue weighted by Gasteiger charge is 2.07. The summed E-state index contributed by atoms with van der Waals surface area (Å²) in [6, 6.07) is 9.66. The fourth-order valence-electron chi connectivity index (χ4n) is 1.87. The maximum Gasteiger partial charge on any atom is 0.101 e. The molecule has 0 aliphatic rings. The van der Waals surface area contributed by atoms with Gasteiger partial charge in [0, 0.05) is 11.7 Å². The number of nitriles is 2. The van der Waals surface area contributed by atoms with Crippen LogP contribution in [-0.2, 0) is 0 Å². The topological polar surface area (TPSA) is 59.6 Å². The third-order valence-corrected chi connectivity index (χ3v) is 2.50. The van der Waals surface area contributed by atoms with Crippen molar-refractivity contribution in [2.24, 2.45) is 5.92 Å². The summed E-state index contributed by atoms with van der Waals surface area (Å²) >= 11 is 0. The zero-order chi connectivity index (χ0) is 12.8. The third-order valence-electron chi connectivity index (χ3n) is 2.50. The number of benzene rings is 1. The van der Waals surface area contributed by atoms with Crippen molar-refractivity contribution in [2.45, 2.75) is 33.2 Å². The third kappa shape index (κ3) is 3.81. The van der Waals surface area contributed by atoms with Gasteiger partial charge in [-0.15, -0.1) is 0 Å². The second kappa shape index (κ2) is 5.92. The molecule has 1 unspecified atom stereocenters. The molecule has 0 heterocycles. The van der Waals surface area contributed by atoms with Gasteiger partial charge >= 0.3 is 0 Å². The predicted molar refractivity (Wildman–Crippen MR) is 68.4 cm³/mol. The van der Waals surface area contributed by atoms with E-state index in [1.54, 1.807) is 12.1 Å². The molecule has 3 heteroatoms. The van der Waals surface area contributed by atoms with Gasteiger partial charge in [-0.25, -0.2) is 0 Å². The van der Waals surface area contributed by atoms with Crippen LogP contribution in [0, 0.1) is 28.6 Å². The monoisotopic (exact) mass is 227 g/mol. The van der Waals surface area contributed by atoms with Gasteiger partial charge in [0.15, 0.2) is 0 Å². The van der Waals surface area contributed by atoms with Crippen LogP contribution in [0.4, 0.5) is 5.69 Å². The first-order valence-electron chi connectivity index (χ1n) is 5.77. The standard InChI is InChI=1S/C14H17N3/c1-10(2)6-11(3)17-14-5-4-12(8-15)13(7-14)9-16/h4-5,7,10-11,17H,6H2,1-3H3. The second-order valence-corrected chi connectivity index (χ2v) is 4.66. The van der Waals surface area contributed by atoms with Crippen LogP contribution >= 0.6 is 0 Å². The molecule has 1 atom stereocenters. The lowest BCUT2D eigenvalue weighted by molar-refractivity contribution is 0.540. The van der Waals surface area contributed by atoms with Gasteiger partial charge in [0.05, 0.1) is 11.1 Å². The van der Waals surface area contributed by atoms with Crippen molar-refractivity contribution < 1.29 is 0 Å². The van der Waals surface area contributed by atoms with Crippen LogP contribution < -0.4 is 5.32 Å². The highest BCUT2D eigenvalue weighted by Crippen LogP contribution is 2.17. The van der Waals surface area contributed by atoms with E-state index >= 15 is 0 Å². The highest BCUT2D eigenvalue weighted by atomic mass is 14.9. The van der Waals surface area contributed by atoms with Gasteiger partial charge < -0.3 is 5.32 Å². The Labute approximate surface area is 103 Å². The van der Waals surface area contributed by atoms with Crippen molar-refractivity contribution in [1.82, 2.24) is 0 Å². The first kappa shape index (κ1) is 13.1. The first-order chi connectivity index (χ1) is 8.06. The Morgan fingerprint density at radius 2 is 1.76 bits per heavy atom. The van der Waals surface area contributed by atoms with E-state index in [-0.39, 0.29) is 0 Å². The molecule has 0 fully saturated rings. The van der Waals surface area contributed by atoms with Crippen molar-refractivity contribution in [3.8, 4) is 12.1 Å². The maximum atomic E-state index is 8.92. The average Bonchev–Trinajstić information content (AvgIpc) is 2.27. The molecule has 0 amide bonds. The van der Waals surface area contributed by atoms with E-state index in [0.717, 1.165) is 12.1 Å². The SMILES string of the molecule is CC(C)CC(C)Nc1ccc(C#N)c(C#N)c1. The van der Waals surface area contributed by atoms with Crippen molar-refractivity contribution in [1.29, 1.82) is 10.5 Å². The minimum atomic E-state index is 0.356. The van der Waals surface area contributed by atoms with E-state index < -0.39 is 0 Å². The Hall–Kier alpha value is -2.00. The van der Waals surface area contributed by atoms with Crippen molar-refractivity contribution in [3.05, 3.63) is 29.3 Å². The molecule has 0 bridgehead atoms. The largest absolute Gasteiger partial charge is 0.383 e. The molecule has 88 valence electrons. The zero-order valence-corrected chi connectivity index (χ0v) is 10.5. The lowest BCUT2D eigenvalue weighted by Gasteiger charge is -2.17. The van der Waals surface area contributed by atoms with Crippen LogP contribution in [0.5, 0.6) is 0 Å². The highest BCUT2D eigenvalue weighted by molar-refractivity contribution is 5.56. The number of hydrogen-bond acceptors (Lipinski definition) is 3. The van der Waals surface area contributed by atoms with Gasteiger partial charge in [0.25, 0.3) is 0 Å². The Morgan fingerprint density at radius 1 is 1.12 bits per heavy atom. The molecule has 0 aliphatic carbocycles. The second-order valence-electron chi connectivity index (χ2n) is 4.66. The molecule has 0 aliphatic heterocycles. The average molecular weight is 227 g/mol. The summed E-state index contributed by atoms with van der Waals surface area (Å²) in [6.07, 6.45) is 1.07. The maximum absolute atomic E-state index is 8.92. The van der Waals surface area contributed by atoms with Gasteiger partial charge in [-0.1, -0.05) is 13.8 Å². The van der Waals surface area contributed by atoms with E-state index in [1.165, 1.54) is 0 Å². The van der Waals surface area contributed by atoms with Gasteiger partial charge in [-0.2, -0.15) is 10.5 Å². The molecule has 3 nitrogen and oxygen atoms in total. The lowest BCUT2D eigenvalue weighted by atomic mass is 10.0. The van der Waals surface area contributed by atoms with Crippen molar-refractivity contribution >= 4 is 5.69 Å². The minimum Gasteiger partial charge on any atom is -0.383 e. The fraction of sp³-hybridized carbons (Fsp3) is 0.429. The molecule has 0 aromatic heterocycles. The Bertz CT molecular complexity index is 463. The normalized spacial score (nSPS) is 11.6. The number of rotatable bonds is 4. The smallest absolute Gasteiger partial charge is 0.101 e. The lowest BCUT2D eigenvalue weighted by Crippen LogP contribution is -2.17. The quantitative estimate of drug-likeness (QED) is 0.858. The van der Waals surface area contributed by atoms with E-state index in [1.807, 2.05) is 18.2 Å². The molecule has 1 aromatic carbocycles. The van der Waals surface area contributed by atoms with Crippen LogP contribution in [-0.4, -0.2) is 6.04 Å². The molecule has 0 saturated heterocycles. The predicted octanol–water partition coefficient (Wildman–Crippen LogP) is 3.28. The summed E-state index contributed by atoms with van der Waals surface area (Å²) in [5.41, 5.74) is 1.75. The Kier molecular flexibility index (Phi) is 4.55. The molecule has 1 N–H and O–H groups in total. The van der Waals surface area contributed by atoms with Gasteiger partial charge in [0.1, 0.15) is 12.1 Å². The van der Waals surface area contributed by atoms with Crippen LogP contribution in [0.15, 0.2) is 18.2 Å². The summed E-state index contributed by atoms with van der Waals surface area (Å²) in [6.45, 7) is 6.47. The summed E-state index contributed by atoms with van der Waals surface area (Å²) < 4.78 is 0. The zero-order valence-electron chi connectivity index (χ0n) is 10.5. The minimum absolute atomic E-state index is 0.356. The fourth-order valence-corrected chi connectivity index (χ4v) is 1.87. The van der Waals surface area contributed by atoms with E-state index in [0.29, 0.717) is 23.1 Å². The molecule has 17 heavy (non-hydrogen) atoms. The van der Waals surface area contributed by atoms with Gasteiger partial charge in [-0.3, -0.25) is 0 Å². The summed E-state index contributed by atoms with van der Waals surface area (Å²) in [5.74, 6) is 0.631. The Balaban J connectivity index is 2.81. The molecule has 0 saturated carbocycles. The van der Waals surface area contributed by atoms with Crippen LogP contribution in [0.2, 0.25) is 0 Å². The van der Waals surface area contributed by atoms with Crippen LogP contribution in [0.1, 0.15) is 38.3 Å².